The second kappa shape index (κ2) is 17.8. The van der Waals surface area contributed by atoms with Crippen LogP contribution in [0.1, 0.15) is 100 Å². The molecule has 0 spiro atoms. The molecule has 0 fully saturated rings. The molecule has 1 atom stereocenters. The van der Waals surface area contributed by atoms with Crippen molar-refractivity contribution in [2.24, 2.45) is 22.1 Å². The van der Waals surface area contributed by atoms with Gasteiger partial charge in [0.15, 0.2) is 0 Å². The number of nitrogens with two attached hydrogens (primary N) is 1. The summed E-state index contributed by atoms with van der Waals surface area (Å²) in [7, 11) is 0. The lowest BCUT2D eigenvalue weighted by molar-refractivity contribution is -0.145. The number of carbonyl (C=O) groups is 6. The van der Waals surface area contributed by atoms with Gasteiger partial charge in [-0.2, -0.15) is 0 Å². The molecule has 14 heteroatoms. The summed E-state index contributed by atoms with van der Waals surface area (Å²) in [5, 5.41) is 5.63. The minimum absolute atomic E-state index is 0.00134. The third-order valence-corrected chi connectivity index (χ3v) is 8.51. The molecule has 1 aromatic rings. The van der Waals surface area contributed by atoms with Gasteiger partial charge in [-0.05, 0) is 76.0 Å². The molecule has 0 aliphatic carbocycles. The van der Waals surface area contributed by atoms with E-state index in [-0.39, 0.29) is 43.3 Å². The predicted octanol–water partition coefficient (Wildman–Crippen LogP) is 3.76. The van der Waals surface area contributed by atoms with Crippen LogP contribution >= 0.6 is 0 Å². The summed E-state index contributed by atoms with van der Waals surface area (Å²) in [5.41, 5.74) is 1.18. The molecule has 2 rings (SSSR count). The topological polar surface area (TPSA) is 189 Å². The zero-order valence-corrected chi connectivity index (χ0v) is 31.9. The number of alkyl carbamates (subject to hydrolysis) is 1. The smallest absolute Gasteiger partial charge is 0.407 e. The number of amides is 5. The number of nitrogens with zero attached hydrogens (tertiary/aromatic N) is 2. The Hall–Kier alpha value is -4.30. The standard InChI is InChI=1S/C37H58N6O8/c1-25(26-11-13-27(14-12-26)51-32(48)36(7,8)22-34(2,3)4)50-33(49)39-18-20-42(21-29(45)41-38)37(9,10)23-35(5,6)24-40-28(44)17-19-43-30(46)15-16-31(43)47/h11-16,25H,17-24,38H2,1-10H3,(H,39,49)(H,40,44)(H,41,45). The minimum Gasteiger partial charge on any atom is -0.442 e. The Balaban J connectivity index is 1.90. The van der Waals surface area contributed by atoms with Crippen molar-refractivity contribution in [1.82, 2.24) is 25.9 Å². The molecule has 0 aromatic heterocycles. The predicted molar refractivity (Wildman–Crippen MR) is 193 cm³/mol. The Kier molecular flexibility index (Phi) is 14.9. The zero-order valence-electron chi connectivity index (χ0n) is 31.9. The first-order valence-electron chi connectivity index (χ1n) is 17.3. The number of carbonyl (C=O) groups excluding carboxylic acids is 6. The number of hydrogen-bond acceptors (Lipinski definition) is 10. The molecule has 14 nitrogen and oxygen atoms in total. The van der Waals surface area contributed by atoms with E-state index in [9.17, 15) is 28.8 Å². The first-order chi connectivity index (χ1) is 23.4. The number of esters is 1. The molecule has 1 unspecified atom stereocenters. The first-order valence-corrected chi connectivity index (χ1v) is 17.3. The van der Waals surface area contributed by atoms with Crippen LogP contribution in [0.5, 0.6) is 5.75 Å². The molecule has 5 amide bonds. The monoisotopic (exact) mass is 714 g/mol. The van der Waals surface area contributed by atoms with Crippen molar-refractivity contribution in [1.29, 1.82) is 0 Å². The van der Waals surface area contributed by atoms with Gasteiger partial charge in [0.25, 0.3) is 11.8 Å². The van der Waals surface area contributed by atoms with E-state index in [4.69, 9.17) is 15.3 Å². The minimum atomic E-state index is -0.655. The maximum absolute atomic E-state index is 12.8. The van der Waals surface area contributed by atoms with Crippen molar-refractivity contribution >= 4 is 35.7 Å². The Morgan fingerprint density at radius 2 is 1.45 bits per heavy atom. The van der Waals surface area contributed by atoms with E-state index in [1.165, 1.54) is 12.2 Å². The van der Waals surface area contributed by atoms with Crippen LogP contribution < -0.4 is 26.6 Å². The van der Waals surface area contributed by atoms with Gasteiger partial charge in [0, 0.05) is 50.3 Å². The number of imide groups is 1. The van der Waals surface area contributed by atoms with Crippen LogP contribution in [-0.2, 0) is 28.7 Å². The Labute approximate surface area is 302 Å². The molecule has 0 radical (unpaired) electrons. The average Bonchev–Trinajstić information content (AvgIpc) is 3.33. The fourth-order valence-corrected chi connectivity index (χ4v) is 6.46. The van der Waals surface area contributed by atoms with Crippen molar-refractivity contribution in [3.8, 4) is 5.75 Å². The lowest BCUT2D eigenvalue weighted by Gasteiger charge is -2.43. The summed E-state index contributed by atoms with van der Waals surface area (Å²) >= 11 is 0. The number of hydrogen-bond donors (Lipinski definition) is 4. The second-order valence-corrected chi connectivity index (χ2v) is 16.4. The highest BCUT2D eigenvalue weighted by Gasteiger charge is 2.36. The van der Waals surface area contributed by atoms with Crippen molar-refractivity contribution in [3.05, 3.63) is 42.0 Å². The molecule has 284 valence electrons. The van der Waals surface area contributed by atoms with E-state index >= 15 is 0 Å². The van der Waals surface area contributed by atoms with Crippen LogP contribution in [0.4, 0.5) is 4.79 Å². The van der Waals surface area contributed by atoms with Gasteiger partial charge in [-0.1, -0.05) is 46.8 Å². The van der Waals surface area contributed by atoms with Gasteiger partial charge < -0.3 is 20.1 Å². The SMILES string of the molecule is CC(OC(=O)NCCN(CC(=O)NN)C(C)(C)CC(C)(C)CNC(=O)CCN1C(=O)C=CC1=O)c1ccc(OC(=O)C(C)(C)CC(C)(C)C)cc1. The quantitative estimate of drug-likeness (QED) is 0.0435. The summed E-state index contributed by atoms with van der Waals surface area (Å²) in [6.45, 7) is 20.3. The number of rotatable bonds is 18. The zero-order chi connectivity index (χ0) is 38.8. The molecule has 1 heterocycles. The first kappa shape index (κ1) is 42.9. The summed E-state index contributed by atoms with van der Waals surface area (Å²) in [4.78, 5) is 76.8. The van der Waals surface area contributed by atoms with Crippen molar-refractivity contribution in [2.45, 2.75) is 100 Å². The van der Waals surface area contributed by atoms with E-state index < -0.39 is 46.3 Å². The van der Waals surface area contributed by atoms with Gasteiger partial charge in [0.1, 0.15) is 11.9 Å². The van der Waals surface area contributed by atoms with Gasteiger partial charge in [-0.3, -0.25) is 39.2 Å². The van der Waals surface area contributed by atoms with Crippen LogP contribution in [0.2, 0.25) is 0 Å². The Morgan fingerprint density at radius 1 is 0.863 bits per heavy atom. The second-order valence-electron chi connectivity index (χ2n) is 16.4. The summed E-state index contributed by atoms with van der Waals surface area (Å²) < 4.78 is 11.2. The molecule has 1 aliphatic heterocycles. The fourth-order valence-electron chi connectivity index (χ4n) is 6.46. The summed E-state index contributed by atoms with van der Waals surface area (Å²) in [5.74, 6) is 3.91. The van der Waals surface area contributed by atoms with E-state index in [1.54, 1.807) is 31.2 Å². The highest BCUT2D eigenvalue weighted by molar-refractivity contribution is 6.13. The molecule has 0 saturated heterocycles. The molecule has 51 heavy (non-hydrogen) atoms. The van der Waals surface area contributed by atoms with E-state index in [1.807, 2.05) is 46.4 Å². The molecule has 5 N–H and O–H groups in total. The van der Waals surface area contributed by atoms with Gasteiger partial charge in [0.05, 0.1) is 12.0 Å². The third-order valence-electron chi connectivity index (χ3n) is 8.51. The van der Waals surface area contributed by atoms with Crippen LogP contribution in [0.15, 0.2) is 36.4 Å². The summed E-state index contributed by atoms with van der Waals surface area (Å²) in [6.07, 6.45) is 2.33. The Bertz CT molecular complexity index is 1430. The van der Waals surface area contributed by atoms with Crippen LogP contribution in [0.25, 0.3) is 0 Å². The highest BCUT2D eigenvalue weighted by Crippen LogP contribution is 2.35. The largest absolute Gasteiger partial charge is 0.442 e. The van der Waals surface area contributed by atoms with Crippen LogP contribution in [0.3, 0.4) is 0 Å². The molecular weight excluding hydrogens is 656 g/mol. The van der Waals surface area contributed by atoms with Gasteiger partial charge >= 0.3 is 12.1 Å². The Morgan fingerprint density at radius 3 is 2.00 bits per heavy atom. The maximum atomic E-state index is 12.8. The van der Waals surface area contributed by atoms with Crippen LogP contribution in [0, 0.1) is 16.2 Å². The van der Waals surface area contributed by atoms with Gasteiger partial charge in [-0.25, -0.2) is 10.6 Å². The number of hydrazine groups is 1. The lowest BCUT2D eigenvalue weighted by atomic mass is 9.76. The molecule has 1 aromatic carbocycles. The normalized spacial score (nSPS) is 14.4. The number of benzene rings is 1. The van der Waals surface area contributed by atoms with Gasteiger partial charge in [0.2, 0.25) is 11.8 Å². The van der Waals surface area contributed by atoms with Crippen molar-refractivity contribution in [2.75, 3.05) is 32.7 Å². The molecule has 0 bridgehead atoms. The molecule has 1 aliphatic rings. The average molecular weight is 715 g/mol. The third kappa shape index (κ3) is 14.5. The number of ether oxygens (including phenoxy) is 2. The van der Waals surface area contributed by atoms with Crippen molar-refractivity contribution in [3.63, 3.8) is 0 Å². The van der Waals surface area contributed by atoms with E-state index in [0.717, 1.165) is 4.90 Å². The summed E-state index contributed by atoms with van der Waals surface area (Å²) in [6, 6.07) is 6.82. The molecular formula is C37H58N6O8. The van der Waals surface area contributed by atoms with E-state index in [0.29, 0.717) is 37.2 Å². The van der Waals surface area contributed by atoms with E-state index in [2.05, 4.69) is 36.8 Å². The number of nitrogens with one attached hydrogen (secondary N) is 3. The fraction of sp³-hybridized carbons (Fsp3) is 0.622. The molecule has 0 saturated carbocycles. The lowest BCUT2D eigenvalue weighted by Crippen LogP contribution is -2.54. The van der Waals surface area contributed by atoms with Crippen LogP contribution in [-0.4, -0.2) is 83.8 Å². The van der Waals surface area contributed by atoms with Crippen molar-refractivity contribution < 1.29 is 38.2 Å². The maximum Gasteiger partial charge on any atom is 0.407 e. The van der Waals surface area contributed by atoms with Gasteiger partial charge in [-0.15, -0.1) is 0 Å². The highest BCUT2D eigenvalue weighted by atomic mass is 16.6.